The van der Waals surface area contributed by atoms with Crippen LogP contribution >= 0.6 is 0 Å². The Morgan fingerprint density at radius 3 is 2.89 bits per heavy atom. The highest BCUT2D eigenvalue weighted by molar-refractivity contribution is 5.82. The van der Waals surface area contributed by atoms with Crippen LogP contribution in [0.5, 0.6) is 0 Å². The van der Waals surface area contributed by atoms with Gasteiger partial charge in [-0.25, -0.2) is 4.98 Å². The average molecular weight is 371 g/mol. The minimum atomic E-state index is 0.0578. The van der Waals surface area contributed by atoms with E-state index in [4.69, 9.17) is 4.98 Å². The van der Waals surface area contributed by atoms with Crippen molar-refractivity contribution in [2.45, 2.75) is 19.3 Å². The Kier molecular flexibility index (Phi) is 5.27. The van der Waals surface area contributed by atoms with Crippen LogP contribution in [0, 0.1) is 5.92 Å². The Morgan fingerprint density at radius 1 is 1.26 bits per heavy atom. The first-order valence-electron chi connectivity index (χ1n) is 9.88. The molecule has 2 aromatic rings. The van der Waals surface area contributed by atoms with Crippen LogP contribution in [0.2, 0.25) is 0 Å². The summed E-state index contributed by atoms with van der Waals surface area (Å²) in [5.74, 6) is 1.36. The molecule has 4 heterocycles. The van der Waals surface area contributed by atoms with Gasteiger partial charge in [0.15, 0.2) is 5.65 Å². The van der Waals surface area contributed by atoms with Gasteiger partial charge in [-0.15, -0.1) is 0 Å². The van der Waals surface area contributed by atoms with Gasteiger partial charge in [0.1, 0.15) is 5.82 Å². The first-order chi connectivity index (χ1) is 13.2. The third-order valence-corrected chi connectivity index (χ3v) is 5.62. The normalized spacial score (nSPS) is 18.2. The Bertz CT molecular complexity index is 812. The van der Waals surface area contributed by atoms with E-state index in [9.17, 15) is 4.79 Å². The first kappa shape index (κ1) is 18.2. The van der Waals surface area contributed by atoms with Gasteiger partial charge in [0.2, 0.25) is 5.91 Å². The van der Waals surface area contributed by atoms with Crippen molar-refractivity contribution in [3.05, 3.63) is 23.5 Å². The van der Waals surface area contributed by atoms with Crippen molar-refractivity contribution < 1.29 is 4.79 Å². The minimum absolute atomic E-state index is 0.0578. The van der Waals surface area contributed by atoms with E-state index in [1.165, 1.54) is 11.3 Å². The second-order valence-electron chi connectivity index (χ2n) is 7.62. The van der Waals surface area contributed by atoms with Crippen molar-refractivity contribution in [3.63, 3.8) is 0 Å². The zero-order chi connectivity index (χ0) is 18.8. The molecule has 1 amide bonds. The number of carbonyl (C=O) groups is 1. The van der Waals surface area contributed by atoms with Gasteiger partial charge in [-0.2, -0.15) is 9.61 Å². The maximum Gasteiger partial charge on any atom is 0.226 e. The molecule has 1 saturated heterocycles. The molecule has 0 atom stereocenters. The number of aromatic nitrogens is 3. The monoisotopic (exact) mass is 371 g/mol. The smallest absolute Gasteiger partial charge is 0.226 e. The molecule has 0 saturated carbocycles. The summed E-state index contributed by atoms with van der Waals surface area (Å²) < 4.78 is 1.95. The standard InChI is InChI=1S/C19H29N7O/c1-20-7-3-8-21-18(27)14-12-25(13-14)19-15-5-10-24(2)11-6-16(15)23-17-4-9-22-26(17)19/h4,9,14,20H,3,5-8,10-13H2,1-2H3,(H,21,27). The highest BCUT2D eigenvalue weighted by atomic mass is 16.2. The van der Waals surface area contributed by atoms with E-state index < -0.39 is 0 Å². The maximum atomic E-state index is 12.4. The molecule has 27 heavy (non-hydrogen) atoms. The predicted octanol–water partition coefficient (Wildman–Crippen LogP) is -0.0784. The number of nitrogens with one attached hydrogen (secondary N) is 2. The minimum Gasteiger partial charge on any atom is -0.356 e. The van der Waals surface area contributed by atoms with E-state index in [1.54, 1.807) is 0 Å². The molecule has 2 aliphatic heterocycles. The summed E-state index contributed by atoms with van der Waals surface area (Å²) in [5, 5.41) is 10.7. The number of anilines is 1. The van der Waals surface area contributed by atoms with Crippen LogP contribution in [-0.4, -0.2) is 78.8 Å². The number of nitrogens with zero attached hydrogens (tertiary/aromatic N) is 5. The third-order valence-electron chi connectivity index (χ3n) is 5.62. The topological polar surface area (TPSA) is 77.8 Å². The third kappa shape index (κ3) is 3.64. The maximum absolute atomic E-state index is 12.4. The Balaban J connectivity index is 1.50. The highest BCUT2D eigenvalue weighted by Gasteiger charge is 2.36. The summed E-state index contributed by atoms with van der Waals surface area (Å²) in [5.41, 5.74) is 3.37. The van der Waals surface area contributed by atoms with Gasteiger partial charge in [0.05, 0.1) is 17.8 Å². The van der Waals surface area contributed by atoms with Crippen molar-refractivity contribution in [2.75, 3.05) is 58.3 Å². The van der Waals surface area contributed by atoms with Gasteiger partial charge < -0.3 is 20.4 Å². The fraction of sp³-hybridized carbons (Fsp3) is 0.632. The van der Waals surface area contributed by atoms with Gasteiger partial charge in [0.25, 0.3) is 0 Å². The first-order valence-corrected chi connectivity index (χ1v) is 9.88. The highest BCUT2D eigenvalue weighted by Crippen LogP contribution is 2.31. The summed E-state index contributed by atoms with van der Waals surface area (Å²) in [6.45, 7) is 5.21. The molecule has 4 rings (SSSR count). The van der Waals surface area contributed by atoms with Crippen molar-refractivity contribution in [3.8, 4) is 0 Å². The van der Waals surface area contributed by atoms with Crippen LogP contribution in [0.1, 0.15) is 17.7 Å². The van der Waals surface area contributed by atoms with Crippen molar-refractivity contribution >= 4 is 17.4 Å². The second-order valence-corrected chi connectivity index (χ2v) is 7.62. The fourth-order valence-electron chi connectivity index (χ4n) is 3.94. The Hall–Kier alpha value is -2.19. The van der Waals surface area contributed by atoms with Crippen molar-refractivity contribution in [1.29, 1.82) is 0 Å². The van der Waals surface area contributed by atoms with E-state index in [-0.39, 0.29) is 11.8 Å². The van der Waals surface area contributed by atoms with E-state index >= 15 is 0 Å². The van der Waals surface area contributed by atoms with Crippen LogP contribution in [0.3, 0.4) is 0 Å². The molecule has 2 aliphatic rings. The molecule has 0 aliphatic carbocycles. The molecule has 0 aromatic carbocycles. The van der Waals surface area contributed by atoms with Crippen LogP contribution < -0.4 is 15.5 Å². The SMILES string of the molecule is CNCCCNC(=O)C1CN(c2c3c(nc4ccnn24)CCN(C)CC3)C1. The summed E-state index contributed by atoms with van der Waals surface area (Å²) in [6, 6.07) is 1.96. The predicted molar refractivity (Wildman–Crippen MR) is 105 cm³/mol. The lowest BCUT2D eigenvalue weighted by Gasteiger charge is -2.41. The van der Waals surface area contributed by atoms with Crippen LogP contribution in [0.4, 0.5) is 5.82 Å². The molecule has 8 heteroatoms. The molecule has 2 N–H and O–H groups in total. The van der Waals surface area contributed by atoms with Crippen LogP contribution in [0.15, 0.2) is 12.3 Å². The van der Waals surface area contributed by atoms with Crippen molar-refractivity contribution in [1.82, 2.24) is 30.1 Å². The number of amides is 1. The molecule has 0 spiro atoms. The average Bonchev–Trinajstić information content (AvgIpc) is 3.01. The van der Waals surface area contributed by atoms with Gasteiger partial charge in [-0.1, -0.05) is 0 Å². The zero-order valence-corrected chi connectivity index (χ0v) is 16.2. The largest absolute Gasteiger partial charge is 0.356 e. The fourth-order valence-corrected chi connectivity index (χ4v) is 3.94. The molecule has 0 unspecified atom stereocenters. The summed E-state index contributed by atoms with van der Waals surface area (Å²) in [4.78, 5) is 21.9. The Labute approximate surface area is 159 Å². The van der Waals surface area contributed by atoms with E-state index in [0.717, 1.165) is 70.0 Å². The number of hydrogen-bond acceptors (Lipinski definition) is 6. The van der Waals surface area contributed by atoms with Crippen LogP contribution in [-0.2, 0) is 17.6 Å². The molecule has 0 bridgehead atoms. The molecular weight excluding hydrogens is 342 g/mol. The summed E-state index contributed by atoms with van der Waals surface area (Å²) in [6.07, 6.45) is 4.70. The van der Waals surface area contributed by atoms with Gasteiger partial charge >= 0.3 is 0 Å². The molecule has 146 valence electrons. The van der Waals surface area contributed by atoms with Crippen LogP contribution in [0.25, 0.3) is 5.65 Å². The Morgan fingerprint density at radius 2 is 2.07 bits per heavy atom. The zero-order valence-electron chi connectivity index (χ0n) is 16.2. The number of hydrogen-bond donors (Lipinski definition) is 2. The van der Waals surface area contributed by atoms with Gasteiger partial charge in [0, 0.05) is 50.8 Å². The molecule has 2 aromatic heterocycles. The lowest BCUT2D eigenvalue weighted by Crippen LogP contribution is -2.55. The summed E-state index contributed by atoms with van der Waals surface area (Å²) >= 11 is 0. The van der Waals surface area contributed by atoms with Crippen molar-refractivity contribution in [2.24, 2.45) is 5.92 Å². The number of rotatable bonds is 6. The number of fused-ring (bicyclic) bond motifs is 2. The number of carbonyl (C=O) groups excluding carboxylic acids is 1. The summed E-state index contributed by atoms with van der Waals surface area (Å²) in [7, 11) is 4.09. The van der Waals surface area contributed by atoms with Gasteiger partial charge in [-0.05, 0) is 33.5 Å². The lowest BCUT2D eigenvalue weighted by atomic mass is 9.97. The second kappa shape index (κ2) is 7.82. The quantitative estimate of drug-likeness (QED) is 0.692. The lowest BCUT2D eigenvalue weighted by molar-refractivity contribution is -0.125. The molecule has 1 fully saturated rings. The van der Waals surface area contributed by atoms with E-state index in [1.807, 2.05) is 23.8 Å². The molecule has 0 radical (unpaired) electrons. The molecule has 8 nitrogen and oxygen atoms in total. The molecular formula is C19H29N7O. The van der Waals surface area contributed by atoms with E-state index in [2.05, 4.69) is 32.6 Å². The van der Waals surface area contributed by atoms with Gasteiger partial charge in [-0.3, -0.25) is 4.79 Å². The van der Waals surface area contributed by atoms with E-state index in [0.29, 0.717) is 0 Å². The number of likely N-dealkylation sites (N-methyl/N-ethyl adjacent to an activating group) is 1.